The fourth-order valence-electron chi connectivity index (χ4n) is 2.60. The van der Waals surface area contributed by atoms with E-state index in [-0.39, 0.29) is 34.3 Å². The van der Waals surface area contributed by atoms with Crippen LogP contribution in [-0.4, -0.2) is 30.8 Å². The second-order valence-electron chi connectivity index (χ2n) is 6.23. The number of nitrogens with zero attached hydrogens (tertiary/aromatic N) is 5. The molecule has 13 heteroatoms. The lowest BCUT2D eigenvalue weighted by molar-refractivity contribution is -0.385. The van der Waals surface area contributed by atoms with Crippen LogP contribution in [0, 0.1) is 17.0 Å². The molecule has 0 atom stereocenters. The van der Waals surface area contributed by atoms with Gasteiger partial charge in [-0.2, -0.15) is 22.0 Å². The molecule has 30 heavy (non-hydrogen) atoms. The van der Waals surface area contributed by atoms with Crippen molar-refractivity contribution < 1.29 is 26.9 Å². The molecule has 0 aliphatic heterocycles. The lowest BCUT2D eigenvalue weighted by atomic mass is 10.1. The highest BCUT2D eigenvalue weighted by Gasteiger charge is 2.62. The largest absolute Gasteiger partial charge is 0.461 e. The summed E-state index contributed by atoms with van der Waals surface area (Å²) in [4.78, 5) is 17.6. The van der Waals surface area contributed by atoms with Crippen molar-refractivity contribution in [1.29, 1.82) is 0 Å². The zero-order valence-corrected chi connectivity index (χ0v) is 15.7. The van der Waals surface area contributed by atoms with Crippen LogP contribution in [0.25, 0.3) is 11.5 Å². The van der Waals surface area contributed by atoms with Gasteiger partial charge in [0, 0.05) is 17.8 Å². The zero-order valence-electron chi connectivity index (χ0n) is 15.0. The Labute approximate surface area is 170 Å². The van der Waals surface area contributed by atoms with Gasteiger partial charge in [-0.3, -0.25) is 15.1 Å². The smallest absolute Gasteiger partial charge is 0.258 e. The minimum atomic E-state index is -5.90. The van der Waals surface area contributed by atoms with E-state index in [9.17, 15) is 32.1 Å². The van der Waals surface area contributed by atoms with Crippen LogP contribution in [0.4, 0.5) is 27.6 Å². The Bertz CT molecular complexity index is 1100. The maximum atomic E-state index is 13.8. The number of hydrogen-bond donors (Lipinski definition) is 0. The SMILES string of the molecule is Cc1cc(Cn2nc(C(F)(F)C(F)(F)F)nc2-c2ccc(Cl)cn2)ccc1[N+](=O)[O-]. The van der Waals surface area contributed by atoms with Crippen LogP contribution in [0.3, 0.4) is 0 Å². The maximum absolute atomic E-state index is 13.8. The predicted octanol–water partition coefficient (Wildman–Crippen LogP) is 4.91. The lowest BCUT2D eigenvalue weighted by Gasteiger charge is -2.15. The summed E-state index contributed by atoms with van der Waals surface area (Å²) in [7, 11) is 0. The highest BCUT2D eigenvalue weighted by molar-refractivity contribution is 6.30. The number of pyridine rings is 1. The number of hydrogen-bond acceptors (Lipinski definition) is 5. The van der Waals surface area contributed by atoms with Crippen molar-refractivity contribution in [3.8, 4) is 11.5 Å². The van der Waals surface area contributed by atoms with Gasteiger partial charge in [-0.1, -0.05) is 17.7 Å². The van der Waals surface area contributed by atoms with E-state index in [4.69, 9.17) is 11.6 Å². The van der Waals surface area contributed by atoms with Gasteiger partial charge in [-0.15, -0.1) is 5.10 Å². The van der Waals surface area contributed by atoms with Gasteiger partial charge in [0.15, 0.2) is 5.82 Å². The number of benzene rings is 1. The van der Waals surface area contributed by atoms with Crippen molar-refractivity contribution in [2.24, 2.45) is 0 Å². The van der Waals surface area contributed by atoms with E-state index in [1.807, 2.05) is 0 Å². The first kappa shape index (κ1) is 21.6. The summed E-state index contributed by atoms with van der Waals surface area (Å²) in [6.45, 7) is 1.19. The van der Waals surface area contributed by atoms with Crippen LogP contribution in [0.15, 0.2) is 36.5 Å². The van der Waals surface area contributed by atoms with Gasteiger partial charge in [0.1, 0.15) is 5.69 Å². The topological polar surface area (TPSA) is 86.7 Å². The molecule has 0 spiro atoms. The molecule has 0 N–H and O–H groups in total. The molecule has 158 valence electrons. The van der Waals surface area contributed by atoms with Gasteiger partial charge in [0.25, 0.3) is 5.69 Å². The van der Waals surface area contributed by atoms with Gasteiger partial charge >= 0.3 is 12.1 Å². The van der Waals surface area contributed by atoms with Crippen molar-refractivity contribution in [1.82, 2.24) is 19.7 Å². The predicted molar refractivity (Wildman–Crippen MR) is 95.1 cm³/mol. The fraction of sp³-hybridized carbons (Fsp3) is 0.235. The molecule has 1 aromatic carbocycles. The minimum Gasteiger partial charge on any atom is -0.258 e. The Kier molecular flexibility index (Phi) is 5.46. The quantitative estimate of drug-likeness (QED) is 0.315. The molecule has 0 unspecified atom stereocenters. The second kappa shape index (κ2) is 7.59. The average Bonchev–Trinajstić information content (AvgIpc) is 3.05. The molecule has 2 aromatic heterocycles. The van der Waals surface area contributed by atoms with Crippen LogP contribution in [-0.2, 0) is 12.5 Å². The van der Waals surface area contributed by atoms with Crippen molar-refractivity contribution in [2.45, 2.75) is 25.6 Å². The summed E-state index contributed by atoms with van der Waals surface area (Å²) >= 11 is 5.73. The van der Waals surface area contributed by atoms with E-state index in [1.165, 1.54) is 43.5 Å². The number of nitro benzene ring substituents is 1. The second-order valence-corrected chi connectivity index (χ2v) is 6.66. The first-order valence-electron chi connectivity index (χ1n) is 8.16. The van der Waals surface area contributed by atoms with E-state index in [0.29, 0.717) is 5.56 Å². The van der Waals surface area contributed by atoms with Crippen LogP contribution >= 0.6 is 11.6 Å². The van der Waals surface area contributed by atoms with Crippen LogP contribution < -0.4 is 0 Å². The number of alkyl halides is 5. The first-order valence-corrected chi connectivity index (χ1v) is 8.53. The first-order chi connectivity index (χ1) is 13.9. The third kappa shape index (κ3) is 4.08. The third-order valence-corrected chi connectivity index (χ3v) is 4.28. The molecule has 0 fully saturated rings. The highest BCUT2D eigenvalue weighted by atomic mass is 35.5. The zero-order chi connectivity index (χ0) is 22.3. The Balaban J connectivity index is 2.09. The number of aryl methyl sites for hydroxylation is 1. The standard InChI is InChI=1S/C17H11ClF5N5O2/c1-9-6-10(2-5-13(9)28(29)30)8-27-14(12-4-3-11(18)7-24-12)25-15(26-27)16(19,20)17(21,22)23/h2-7H,8H2,1H3. The molecular formula is C17H11ClF5N5O2. The van der Waals surface area contributed by atoms with Crippen LogP contribution in [0.5, 0.6) is 0 Å². The molecule has 3 rings (SSSR count). The van der Waals surface area contributed by atoms with E-state index in [1.54, 1.807) is 0 Å². The van der Waals surface area contributed by atoms with E-state index in [2.05, 4.69) is 15.1 Å². The molecule has 3 aromatic rings. The Morgan fingerprint density at radius 3 is 2.40 bits per heavy atom. The molecule has 0 radical (unpaired) electrons. The summed E-state index contributed by atoms with van der Waals surface area (Å²) in [5.74, 6) is -7.37. The molecule has 0 bridgehead atoms. The summed E-state index contributed by atoms with van der Waals surface area (Å²) < 4.78 is 66.8. The monoisotopic (exact) mass is 447 g/mol. The highest BCUT2D eigenvalue weighted by Crippen LogP contribution is 2.42. The summed E-state index contributed by atoms with van der Waals surface area (Å²) in [6.07, 6.45) is -4.72. The molecule has 0 aliphatic rings. The van der Waals surface area contributed by atoms with Crippen LogP contribution in [0.2, 0.25) is 5.02 Å². The van der Waals surface area contributed by atoms with Crippen molar-refractivity contribution in [3.63, 3.8) is 0 Å². The maximum Gasteiger partial charge on any atom is 0.461 e. The summed E-state index contributed by atoms with van der Waals surface area (Å²) in [5, 5.41) is 14.5. The van der Waals surface area contributed by atoms with E-state index in [0.717, 1.165) is 4.68 Å². The van der Waals surface area contributed by atoms with Gasteiger partial charge < -0.3 is 0 Å². The third-order valence-electron chi connectivity index (χ3n) is 4.06. The summed E-state index contributed by atoms with van der Waals surface area (Å²) in [6, 6.07) is 6.60. The Morgan fingerprint density at radius 1 is 1.17 bits per heavy atom. The van der Waals surface area contributed by atoms with Crippen molar-refractivity contribution in [3.05, 3.63) is 68.6 Å². The van der Waals surface area contributed by atoms with Gasteiger partial charge in [-0.05, 0) is 30.7 Å². The minimum absolute atomic E-state index is 0.0326. The number of rotatable bonds is 5. The van der Waals surface area contributed by atoms with Crippen molar-refractivity contribution in [2.75, 3.05) is 0 Å². The number of nitro groups is 1. The lowest BCUT2D eigenvalue weighted by Crippen LogP contribution is -2.35. The molecule has 0 saturated carbocycles. The summed E-state index contributed by atoms with van der Waals surface area (Å²) in [5.41, 5.74) is 0.459. The van der Waals surface area contributed by atoms with Gasteiger partial charge in [0.2, 0.25) is 5.82 Å². The fourth-order valence-corrected chi connectivity index (χ4v) is 2.72. The Morgan fingerprint density at radius 2 is 1.87 bits per heavy atom. The van der Waals surface area contributed by atoms with E-state index < -0.39 is 22.8 Å². The van der Waals surface area contributed by atoms with Gasteiger partial charge in [0.05, 0.1) is 16.5 Å². The van der Waals surface area contributed by atoms with Crippen LogP contribution in [0.1, 0.15) is 17.0 Å². The van der Waals surface area contributed by atoms with Crippen molar-refractivity contribution >= 4 is 17.3 Å². The average molecular weight is 448 g/mol. The Hall–Kier alpha value is -3.15. The molecule has 0 saturated heterocycles. The molecule has 0 aliphatic carbocycles. The number of halogens is 6. The molecule has 2 heterocycles. The normalized spacial score (nSPS) is 12.2. The van der Waals surface area contributed by atoms with Gasteiger partial charge in [-0.25, -0.2) is 9.67 Å². The molecule has 7 nitrogen and oxygen atoms in total. The molecular weight excluding hydrogens is 437 g/mol. The molecule has 0 amide bonds. The van der Waals surface area contributed by atoms with E-state index >= 15 is 0 Å². The number of aromatic nitrogens is 4.